The van der Waals surface area contributed by atoms with Crippen LogP contribution in [0.5, 0.6) is 0 Å². The van der Waals surface area contributed by atoms with Crippen molar-refractivity contribution in [2.24, 2.45) is 18.8 Å². The molecule has 0 aliphatic heterocycles. The molecular weight excluding hydrogens is 212 g/mol. The van der Waals surface area contributed by atoms with E-state index >= 15 is 0 Å². The van der Waals surface area contributed by atoms with Gasteiger partial charge in [0, 0.05) is 31.9 Å². The van der Waals surface area contributed by atoms with Crippen LogP contribution in [0, 0.1) is 5.92 Å². The molecule has 2 rings (SSSR count). The molecule has 0 saturated heterocycles. The third kappa shape index (κ3) is 3.30. The first-order valence-electron chi connectivity index (χ1n) is 6.73. The summed E-state index contributed by atoms with van der Waals surface area (Å²) in [6.45, 7) is 0. The summed E-state index contributed by atoms with van der Waals surface area (Å²) >= 11 is 0. The van der Waals surface area contributed by atoms with Crippen molar-refractivity contribution in [2.45, 2.75) is 51.0 Å². The Kier molecular flexibility index (Phi) is 4.57. The van der Waals surface area contributed by atoms with Crippen LogP contribution in [-0.4, -0.2) is 15.6 Å². The lowest BCUT2D eigenvalue weighted by Gasteiger charge is -2.29. The minimum atomic E-state index is 0.451. The molecule has 1 aromatic heterocycles. The monoisotopic (exact) mass is 236 g/mol. The molecule has 4 heteroatoms. The number of nitrogens with one attached hydrogen (secondary N) is 1. The highest BCUT2D eigenvalue weighted by atomic mass is 15.2. The number of aryl methyl sites for hydroxylation is 2. The van der Waals surface area contributed by atoms with Crippen molar-refractivity contribution in [2.75, 3.05) is 0 Å². The van der Waals surface area contributed by atoms with Crippen molar-refractivity contribution in [1.29, 1.82) is 0 Å². The van der Waals surface area contributed by atoms with Gasteiger partial charge in [-0.25, -0.2) is 4.98 Å². The van der Waals surface area contributed by atoms with Gasteiger partial charge in [-0.05, 0) is 25.2 Å². The molecule has 1 aliphatic carbocycles. The third-order valence-electron chi connectivity index (χ3n) is 4.03. The predicted molar refractivity (Wildman–Crippen MR) is 69.2 cm³/mol. The minimum absolute atomic E-state index is 0.451. The summed E-state index contributed by atoms with van der Waals surface area (Å²) in [4.78, 5) is 4.36. The average molecular weight is 236 g/mol. The van der Waals surface area contributed by atoms with Gasteiger partial charge >= 0.3 is 0 Å². The number of nitrogens with zero attached hydrogens (tertiary/aromatic N) is 2. The highest BCUT2D eigenvalue weighted by Gasteiger charge is 2.22. The molecule has 0 spiro atoms. The van der Waals surface area contributed by atoms with Crippen LogP contribution in [-0.2, 0) is 13.5 Å². The van der Waals surface area contributed by atoms with Crippen LogP contribution >= 0.6 is 0 Å². The first-order valence-corrected chi connectivity index (χ1v) is 6.73. The molecule has 4 nitrogen and oxygen atoms in total. The summed E-state index contributed by atoms with van der Waals surface area (Å²) in [6.07, 6.45) is 12.7. The van der Waals surface area contributed by atoms with Crippen molar-refractivity contribution in [3.05, 3.63) is 18.2 Å². The second-order valence-electron chi connectivity index (χ2n) is 5.16. The fourth-order valence-electron chi connectivity index (χ4n) is 2.91. The quantitative estimate of drug-likeness (QED) is 0.605. The minimum Gasteiger partial charge on any atom is -0.338 e. The van der Waals surface area contributed by atoms with Gasteiger partial charge in [0.15, 0.2) is 0 Å². The van der Waals surface area contributed by atoms with Crippen LogP contribution in [0.3, 0.4) is 0 Å². The largest absolute Gasteiger partial charge is 0.338 e. The fraction of sp³-hybridized carbons (Fsp3) is 0.769. The van der Waals surface area contributed by atoms with E-state index in [9.17, 15) is 0 Å². The van der Waals surface area contributed by atoms with Crippen molar-refractivity contribution < 1.29 is 0 Å². The molecule has 0 aromatic carbocycles. The SMILES string of the molecule is Cn1ccnc1CCC(NN)C1CCCCC1. The number of hydrogen-bond donors (Lipinski definition) is 2. The number of imidazole rings is 1. The lowest BCUT2D eigenvalue weighted by Crippen LogP contribution is -2.42. The number of hydrazine groups is 1. The molecule has 1 fully saturated rings. The second kappa shape index (κ2) is 6.17. The third-order valence-corrected chi connectivity index (χ3v) is 4.03. The molecule has 0 radical (unpaired) electrons. The van der Waals surface area contributed by atoms with E-state index in [1.165, 1.54) is 32.1 Å². The maximum Gasteiger partial charge on any atom is 0.108 e. The van der Waals surface area contributed by atoms with Gasteiger partial charge in [-0.2, -0.15) is 0 Å². The first-order chi connectivity index (χ1) is 8.31. The smallest absolute Gasteiger partial charge is 0.108 e. The maximum absolute atomic E-state index is 5.70. The van der Waals surface area contributed by atoms with Crippen LogP contribution in [0.1, 0.15) is 44.3 Å². The number of hydrogen-bond acceptors (Lipinski definition) is 3. The van der Waals surface area contributed by atoms with Gasteiger partial charge in [0.2, 0.25) is 0 Å². The number of nitrogens with two attached hydrogens (primary N) is 1. The van der Waals surface area contributed by atoms with Crippen molar-refractivity contribution in [1.82, 2.24) is 15.0 Å². The Hall–Kier alpha value is -0.870. The van der Waals surface area contributed by atoms with E-state index in [1.54, 1.807) is 0 Å². The number of aromatic nitrogens is 2. The predicted octanol–water partition coefficient (Wildman–Crippen LogP) is 1.76. The topological polar surface area (TPSA) is 55.9 Å². The molecule has 3 N–H and O–H groups in total. The molecule has 0 amide bonds. The highest BCUT2D eigenvalue weighted by molar-refractivity contribution is 4.92. The molecule has 1 heterocycles. The Bertz CT molecular complexity index is 328. The van der Waals surface area contributed by atoms with Gasteiger partial charge in [-0.1, -0.05) is 19.3 Å². The fourth-order valence-corrected chi connectivity index (χ4v) is 2.91. The number of rotatable bonds is 5. The van der Waals surface area contributed by atoms with E-state index in [0.717, 1.165) is 24.6 Å². The van der Waals surface area contributed by atoms with Gasteiger partial charge in [0.25, 0.3) is 0 Å². The maximum atomic E-state index is 5.70. The van der Waals surface area contributed by atoms with Crippen molar-refractivity contribution in [3.63, 3.8) is 0 Å². The van der Waals surface area contributed by atoms with E-state index in [1.807, 2.05) is 19.4 Å². The van der Waals surface area contributed by atoms with Gasteiger partial charge in [-0.3, -0.25) is 11.3 Å². The lowest BCUT2D eigenvalue weighted by atomic mass is 9.82. The van der Waals surface area contributed by atoms with Gasteiger partial charge in [-0.15, -0.1) is 0 Å². The molecular formula is C13H24N4. The lowest BCUT2D eigenvalue weighted by molar-refractivity contribution is 0.258. The molecule has 1 saturated carbocycles. The van der Waals surface area contributed by atoms with Crippen LogP contribution in [0.15, 0.2) is 12.4 Å². The van der Waals surface area contributed by atoms with Crippen molar-refractivity contribution in [3.8, 4) is 0 Å². The van der Waals surface area contributed by atoms with E-state index in [-0.39, 0.29) is 0 Å². The summed E-state index contributed by atoms with van der Waals surface area (Å²) in [5, 5.41) is 0. The second-order valence-corrected chi connectivity index (χ2v) is 5.16. The average Bonchev–Trinajstić information content (AvgIpc) is 2.77. The summed E-state index contributed by atoms with van der Waals surface area (Å²) in [5.41, 5.74) is 3.02. The zero-order chi connectivity index (χ0) is 12.1. The van der Waals surface area contributed by atoms with E-state index in [0.29, 0.717) is 6.04 Å². The van der Waals surface area contributed by atoms with Crippen LogP contribution in [0.25, 0.3) is 0 Å². The molecule has 17 heavy (non-hydrogen) atoms. The Morgan fingerprint density at radius 2 is 2.24 bits per heavy atom. The summed E-state index contributed by atoms with van der Waals surface area (Å²) in [6, 6.07) is 0.451. The molecule has 1 atom stereocenters. The highest BCUT2D eigenvalue weighted by Crippen LogP contribution is 2.27. The Balaban J connectivity index is 1.84. The van der Waals surface area contributed by atoms with E-state index < -0.39 is 0 Å². The molecule has 96 valence electrons. The zero-order valence-corrected chi connectivity index (χ0v) is 10.7. The normalized spacial score (nSPS) is 19.4. The summed E-state index contributed by atoms with van der Waals surface area (Å²) < 4.78 is 2.09. The Labute approximate surface area is 104 Å². The Morgan fingerprint density at radius 3 is 2.82 bits per heavy atom. The van der Waals surface area contributed by atoms with Gasteiger partial charge < -0.3 is 4.57 Å². The molecule has 1 unspecified atom stereocenters. The van der Waals surface area contributed by atoms with Gasteiger partial charge in [0.1, 0.15) is 5.82 Å². The summed E-state index contributed by atoms with van der Waals surface area (Å²) in [7, 11) is 2.05. The van der Waals surface area contributed by atoms with E-state index in [2.05, 4.69) is 15.0 Å². The van der Waals surface area contributed by atoms with Crippen LogP contribution in [0.2, 0.25) is 0 Å². The molecule has 1 aromatic rings. The summed E-state index contributed by atoms with van der Waals surface area (Å²) in [5.74, 6) is 7.62. The molecule has 1 aliphatic rings. The standard InChI is InChI=1S/C13H24N4/c1-17-10-9-15-13(17)8-7-12(16-14)11-5-3-2-4-6-11/h9-12,16H,2-8,14H2,1H3. The van der Waals surface area contributed by atoms with E-state index in [4.69, 9.17) is 5.84 Å². The van der Waals surface area contributed by atoms with Crippen molar-refractivity contribution >= 4 is 0 Å². The molecule has 0 bridgehead atoms. The zero-order valence-electron chi connectivity index (χ0n) is 10.7. The first kappa shape index (κ1) is 12.6. The Morgan fingerprint density at radius 1 is 1.47 bits per heavy atom. The van der Waals surface area contributed by atoms with Gasteiger partial charge in [0.05, 0.1) is 0 Å². The van der Waals surface area contributed by atoms with Crippen LogP contribution in [0.4, 0.5) is 0 Å². The van der Waals surface area contributed by atoms with Crippen LogP contribution < -0.4 is 11.3 Å².